The van der Waals surface area contributed by atoms with Crippen LogP contribution in [0.3, 0.4) is 0 Å². The van der Waals surface area contributed by atoms with Crippen molar-refractivity contribution in [2.75, 3.05) is 19.0 Å². The molecule has 1 N–H and O–H groups in total. The van der Waals surface area contributed by atoms with E-state index in [1.54, 1.807) is 24.3 Å². The standard InChI is InChI=1S/C11H17NO3S/c1-3-12-9-16(13,14)11-7-5-10(6-8-11)15-4-2/h5-8,12H,3-4,9H2,1-2H3. The van der Waals surface area contributed by atoms with Gasteiger partial charge >= 0.3 is 0 Å². The highest BCUT2D eigenvalue weighted by Crippen LogP contribution is 2.16. The van der Waals surface area contributed by atoms with Gasteiger partial charge in [-0.15, -0.1) is 0 Å². The quantitative estimate of drug-likeness (QED) is 0.821. The summed E-state index contributed by atoms with van der Waals surface area (Å²) in [5, 5.41) is 2.81. The van der Waals surface area contributed by atoms with Gasteiger partial charge in [0.1, 0.15) is 11.6 Å². The van der Waals surface area contributed by atoms with Crippen molar-refractivity contribution in [1.82, 2.24) is 5.32 Å². The molecule has 0 atom stereocenters. The molecule has 0 saturated carbocycles. The SMILES string of the molecule is CCNCS(=O)(=O)c1ccc(OCC)cc1. The van der Waals surface area contributed by atoms with Gasteiger partial charge in [0, 0.05) is 0 Å². The summed E-state index contributed by atoms with van der Waals surface area (Å²) in [7, 11) is -3.22. The molecule has 5 heteroatoms. The minimum Gasteiger partial charge on any atom is -0.494 e. The molecule has 0 aromatic heterocycles. The molecule has 0 aliphatic rings. The van der Waals surface area contributed by atoms with Gasteiger partial charge in [-0.25, -0.2) is 8.42 Å². The van der Waals surface area contributed by atoms with Crippen LogP contribution >= 0.6 is 0 Å². The van der Waals surface area contributed by atoms with Crippen LogP contribution in [0.1, 0.15) is 13.8 Å². The third-order valence-electron chi connectivity index (χ3n) is 2.04. The molecule has 1 rings (SSSR count). The summed E-state index contributed by atoms with van der Waals surface area (Å²) >= 11 is 0. The van der Waals surface area contributed by atoms with Gasteiger partial charge in [-0.1, -0.05) is 6.92 Å². The first kappa shape index (κ1) is 13.0. The monoisotopic (exact) mass is 243 g/mol. The summed E-state index contributed by atoms with van der Waals surface area (Å²) in [4.78, 5) is 0.317. The second-order valence-electron chi connectivity index (χ2n) is 3.27. The average Bonchev–Trinajstić information content (AvgIpc) is 2.28. The molecule has 0 bridgehead atoms. The largest absolute Gasteiger partial charge is 0.494 e. The van der Waals surface area contributed by atoms with E-state index in [2.05, 4.69) is 5.32 Å². The van der Waals surface area contributed by atoms with E-state index in [1.807, 2.05) is 13.8 Å². The van der Waals surface area contributed by atoms with Crippen molar-refractivity contribution in [2.45, 2.75) is 18.7 Å². The molecule has 90 valence electrons. The zero-order valence-corrected chi connectivity index (χ0v) is 10.4. The number of hydrogen-bond donors (Lipinski definition) is 1. The van der Waals surface area contributed by atoms with Crippen molar-refractivity contribution < 1.29 is 13.2 Å². The Kier molecular flexibility index (Phi) is 4.76. The Labute approximate surface area is 96.5 Å². The molecule has 0 aliphatic heterocycles. The number of rotatable bonds is 6. The second kappa shape index (κ2) is 5.86. The molecular weight excluding hydrogens is 226 g/mol. The van der Waals surface area contributed by atoms with Crippen LogP contribution in [0.15, 0.2) is 29.2 Å². The first-order valence-electron chi connectivity index (χ1n) is 5.26. The maximum Gasteiger partial charge on any atom is 0.191 e. The van der Waals surface area contributed by atoms with Crippen molar-refractivity contribution >= 4 is 9.84 Å². The highest BCUT2D eigenvalue weighted by atomic mass is 32.2. The van der Waals surface area contributed by atoms with Gasteiger partial charge in [-0.3, -0.25) is 0 Å². The molecule has 0 fully saturated rings. The van der Waals surface area contributed by atoms with Crippen LogP contribution in [-0.4, -0.2) is 27.4 Å². The summed E-state index contributed by atoms with van der Waals surface area (Å²) < 4.78 is 28.8. The highest BCUT2D eigenvalue weighted by Gasteiger charge is 2.12. The summed E-state index contributed by atoms with van der Waals surface area (Å²) in [6.07, 6.45) is 0. The highest BCUT2D eigenvalue weighted by molar-refractivity contribution is 7.91. The maximum atomic E-state index is 11.8. The molecule has 4 nitrogen and oxygen atoms in total. The summed E-state index contributed by atoms with van der Waals surface area (Å²) in [6, 6.07) is 6.47. The Hall–Kier alpha value is -1.07. The fraction of sp³-hybridized carbons (Fsp3) is 0.455. The van der Waals surface area contributed by atoms with Crippen LogP contribution in [0.4, 0.5) is 0 Å². The van der Waals surface area contributed by atoms with E-state index >= 15 is 0 Å². The van der Waals surface area contributed by atoms with Gasteiger partial charge in [-0.05, 0) is 37.7 Å². The minimum absolute atomic E-state index is 0.0303. The van der Waals surface area contributed by atoms with Gasteiger partial charge in [0.25, 0.3) is 0 Å². The first-order valence-corrected chi connectivity index (χ1v) is 6.91. The third kappa shape index (κ3) is 3.50. The second-order valence-corrected chi connectivity index (χ2v) is 5.26. The Morgan fingerprint density at radius 2 is 1.81 bits per heavy atom. The lowest BCUT2D eigenvalue weighted by atomic mass is 10.3. The normalized spacial score (nSPS) is 11.4. The van der Waals surface area contributed by atoms with E-state index in [1.165, 1.54) is 0 Å². The van der Waals surface area contributed by atoms with E-state index in [-0.39, 0.29) is 5.88 Å². The molecule has 0 amide bonds. The van der Waals surface area contributed by atoms with E-state index in [4.69, 9.17) is 4.74 Å². The third-order valence-corrected chi connectivity index (χ3v) is 3.61. The molecule has 1 aromatic carbocycles. The summed E-state index contributed by atoms with van der Waals surface area (Å²) in [5.41, 5.74) is 0. The number of benzene rings is 1. The zero-order chi connectivity index (χ0) is 12.0. The van der Waals surface area contributed by atoms with Crippen molar-refractivity contribution in [2.24, 2.45) is 0 Å². The van der Waals surface area contributed by atoms with Crippen LogP contribution in [0.5, 0.6) is 5.75 Å². The Morgan fingerprint density at radius 1 is 1.19 bits per heavy atom. The lowest BCUT2D eigenvalue weighted by molar-refractivity contribution is 0.340. The molecule has 1 aromatic rings. The van der Waals surface area contributed by atoms with E-state index < -0.39 is 9.84 Å². The number of nitrogens with one attached hydrogen (secondary N) is 1. The fourth-order valence-corrected chi connectivity index (χ4v) is 2.42. The molecule has 0 unspecified atom stereocenters. The number of sulfone groups is 1. The molecule has 0 saturated heterocycles. The summed E-state index contributed by atoms with van der Waals surface area (Å²) in [6.45, 7) is 4.96. The van der Waals surface area contributed by atoms with Crippen molar-refractivity contribution in [3.63, 3.8) is 0 Å². The van der Waals surface area contributed by atoms with Crippen molar-refractivity contribution in [3.8, 4) is 5.75 Å². The van der Waals surface area contributed by atoms with E-state index in [9.17, 15) is 8.42 Å². The number of hydrogen-bond acceptors (Lipinski definition) is 4. The number of ether oxygens (including phenoxy) is 1. The van der Waals surface area contributed by atoms with Crippen molar-refractivity contribution in [1.29, 1.82) is 0 Å². The predicted octanol–water partition coefficient (Wildman–Crippen LogP) is 1.43. The molecule has 0 radical (unpaired) electrons. The fourth-order valence-electron chi connectivity index (χ4n) is 1.23. The molecule has 0 aliphatic carbocycles. The van der Waals surface area contributed by atoms with Gasteiger partial charge in [-0.2, -0.15) is 0 Å². The van der Waals surface area contributed by atoms with Gasteiger partial charge in [0.05, 0.1) is 11.5 Å². The Morgan fingerprint density at radius 3 is 2.31 bits per heavy atom. The summed E-state index contributed by atoms with van der Waals surface area (Å²) in [5.74, 6) is 0.655. The van der Waals surface area contributed by atoms with Crippen LogP contribution in [-0.2, 0) is 9.84 Å². The molecule has 0 spiro atoms. The Bertz CT molecular complexity index is 411. The molecule has 16 heavy (non-hydrogen) atoms. The minimum atomic E-state index is -3.22. The van der Waals surface area contributed by atoms with Crippen molar-refractivity contribution in [3.05, 3.63) is 24.3 Å². The Balaban J connectivity index is 2.80. The van der Waals surface area contributed by atoms with E-state index in [0.29, 0.717) is 23.8 Å². The lowest BCUT2D eigenvalue weighted by Crippen LogP contribution is -2.22. The van der Waals surface area contributed by atoms with Crippen LogP contribution in [0.2, 0.25) is 0 Å². The van der Waals surface area contributed by atoms with Gasteiger partial charge < -0.3 is 10.1 Å². The lowest BCUT2D eigenvalue weighted by Gasteiger charge is -2.06. The first-order chi connectivity index (χ1) is 7.60. The zero-order valence-electron chi connectivity index (χ0n) is 9.56. The van der Waals surface area contributed by atoms with Crippen LogP contribution in [0.25, 0.3) is 0 Å². The topological polar surface area (TPSA) is 55.4 Å². The van der Waals surface area contributed by atoms with Gasteiger partial charge in [0.2, 0.25) is 0 Å². The molecule has 0 heterocycles. The average molecular weight is 243 g/mol. The van der Waals surface area contributed by atoms with Crippen LogP contribution in [0, 0.1) is 0 Å². The predicted molar refractivity (Wildman–Crippen MR) is 63.3 cm³/mol. The maximum absolute atomic E-state index is 11.8. The smallest absolute Gasteiger partial charge is 0.191 e. The molecular formula is C11H17NO3S. The van der Waals surface area contributed by atoms with Crippen LogP contribution < -0.4 is 10.1 Å². The van der Waals surface area contributed by atoms with Gasteiger partial charge in [0.15, 0.2) is 9.84 Å². The van der Waals surface area contributed by atoms with E-state index in [0.717, 1.165) is 0 Å².